The average Bonchev–Trinajstić information content (AvgIpc) is 2.10. The van der Waals surface area contributed by atoms with Crippen LogP contribution >= 0.6 is 27.5 Å². The summed E-state index contributed by atoms with van der Waals surface area (Å²) in [6, 6.07) is 1.58. The first-order valence-electron chi connectivity index (χ1n) is 3.47. The maximum atomic E-state index is 11.2. The number of nitrogens with zero attached hydrogens (tertiary/aromatic N) is 1. The lowest BCUT2D eigenvalue weighted by Crippen LogP contribution is -2.05. The molecule has 0 radical (unpaired) electrons. The van der Waals surface area contributed by atoms with Crippen LogP contribution in [0, 0.1) is 6.92 Å². The van der Waals surface area contributed by atoms with Crippen molar-refractivity contribution >= 4 is 33.5 Å². The van der Waals surface area contributed by atoms with Crippen molar-refractivity contribution in [1.82, 2.24) is 4.98 Å². The molecule has 0 atom stereocenters. The number of rotatable bonds is 1. The van der Waals surface area contributed by atoms with E-state index in [-0.39, 0.29) is 0 Å². The maximum absolute atomic E-state index is 11.2. The van der Waals surface area contributed by atoms with E-state index in [0.29, 0.717) is 20.9 Å². The first-order valence-corrected chi connectivity index (χ1v) is 4.64. The van der Waals surface area contributed by atoms with Gasteiger partial charge < -0.3 is 4.74 Å². The third-order valence-corrected chi connectivity index (χ3v) is 2.36. The van der Waals surface area contributed by atoms with Crippen LogP contribution in [0.15, 0.2) is 10.7 Å². The molecule has 0 N–H and O–H groups in total. The largest absolute Gasteiger partial charge is 0.465 e. The van der Waals surface area contributed by atoms with Crippen molar-refractivity contribution in [3.05, 3.63) is 26.9 Å². The van der Waals surface area contributed by atoms with Gasteiger partial charge in [0.2, 0.25) is 0 Å². The molecule has 1 heterocycles. The van der Waals surface area contributed by atoms with Gasteiger partial charge in [0.15, 0.2) is 0 Å². The number of esters is 1. The second kappa shape index (κ2) is 4.07. The Morgan fingerprint density at radius 3 is 2.85 bits per heavy atom. The van der Waals surface area contributed by atoms with Crippen molar-refractivity contribution in [1.29, 1.82) is 0 Å². The average molecular weight is 265 g/mol. The third-order valence-electron chi connectivity index (χ3n) is 1.59. The second-order valence-electron chi connectivity index (χ2n) is 2.40. The summed E-state index contributed by atoms with van der Waals surface area (Å²) in [7, 11) is 1.32. The van der Waals surface area contributed by atoms with E-state index in [1.807, 2.05) is 0 Å². The number of pyridine rings is 1. The van der Waals surface area contributed by atoms with Gasteiger partial charge in [-0.2, -0.15) is 0 Å². The van der Waals surface area contributed by atoms with Crippen molar-refractivity contribution in [2.45, 2.75) is 6.92 Å². The van der Waals surface area contributed by atoms with Gasteiger partial charge in [0.05, 0.1) is 12.7 Å². The molecule has 0 aliphatic carbocycles. The molecule has 0 aliphatic rings. The van der Waals surface area contributed by atoms with E-state index < -0.39 is 5.97 Å². The van der Waals surface area contributed by atoms with Crippen molar-refractivity contribution in [3.8, 4) is 0 Å². The van der Waals surface area contributed by atoms with Gasteiger partial charge in [0.1, 0.15) is 9.76 Å². The topological polar surface area (TPSA) is 39.2 Å². The van der Waals surface area contributed by atoms with Crippen molar-refractivity contribution in [3.63, 3.8) is 0 Å². The Kier molecular flexibility index (Phi) is 3.27. The van der Waals surface area contributed by atoms with Crippen molar-refractivity contribution in [2.24, 2.45) is 0 Å². The zero-order chi connectivity index (χ0) is 10.0. The number of carbonyl (C=O) groups is 1. The summed E-state index contributed by atoms with van der Waals surface area (Å²) in [6.45, 7) is 1.72. The maximum Gasteiger partial charge on any atom is 0.338 e. The lowest BCUT2D eigenvalue weighted by atomic mass is 10.2. The molecule has 3 nitrogen and oxygen atoms in total. The number of carbonyl (C=O) groups excluding carboxylic acids is 1. The number of aromatic nitrogens is 1. The molecule has 0 amide bonds. The molecule has 0 unspecified atom stereocenters. The molecule has 0 aromatic carbocycles. The highest BCUT2D eigenvalue weighted by molar-refractivity contribution is 9.10. The molecule has 0 aliphatic heterocycles. The molecule has 5 heteroatoms. The molecule has 70 valence electrons. The molecule has 13 heavy (non-hydrogen) atoms. The minimum absolute atomic E-state index is 0.301. The van der Waals surface area contributed by atoms with E-state index in [9.17, 15) is 4.79 Å². The highest BCUT2D eigenvalue weighted by atomic mass is 79.9. The summed E-state index contributed by atoms with van der Waals surface area (Å²) in [4.78, 5) is 15.1. The summed E-state index contributed by atoms with van der Waals surface area (Å²) in [5.74, 6) is -0.414. The van der Waals surface area contributed by atoms with E-state index in [1.54, 1.807) is 13.0 Å². The summed E-state index contributed by atoms with van der Waals surface area (Å²) in [5.41, 5.74) is 1.05. The van der Waals surface area contributed by atoms with Crippen molar-refractivity contribution < 1.29 is 9.53 Å². The molecule has 0 bridgehead atoms. The van der Waals surface area contributed by atoms with E-state index in [2.05, 4.69) is 25.7 Å². The van der Waals surface area contributed by atoms with Gasteiger partial charge in [-0.1, -0.05) is 11.6 Å². The van der Waals surface area contributed by atoms with Crippen molar-refractivity contribution in [2.75, 3.05) is 7.11 Å². The summed E-state index contributed by atoms with van der Waals surface area (Å²) in [5, 5.41) is 0.301. The smallest absolute Gasteiger partial charge is 0.338 e. The lowest BCUT2D eigenvalue weighted by molar-refractivity contribution is 0.0599. The minimum Gasteiger partial charge on any atom is -0.465 e. The van der Waals surface area contributed by atoms with Crippen LogP contribution in [0.5, 0.6) is 0 Å². The zero-order valence-electron chi connectivity index (χ0n) is 7.10. The third kappa shape index (κ3) is 2.19. The molecule has 0 fully saturated rings. The number of methoxy groups -OCH3 is 1. The van der Waals surface area contributed by atoms with Crippen LogP contribution in [-0.4, -0.2) is 18.1 Å². The fourth-order valence-corrected chi connectivity index (χ4v) is 1.57. The monoisotopic (exact) mass is 263 g/mol. The molecule has 0 saturated carbocycles. The predicted octanol–water partition coefficient (Wildman–Crippen LogP) is 2.59. The Labute approximate surface area is 89.2 Å². The van der Waals surface area contributed by atoms with Crippen LogP contribution in [0.4, 0.5) is 0 Å². The first kappa shape index (κ1) is 10.5. The van der Waals surface area contributed by atoms with Crippen LogP contribution in [0.2, 0.25) is 5.15 Å². The number of hydrogen-bond acceptors (Lipinski definition) is 3. The molecule has 1 rings (SSSR count). The van der Waals surface area contributed by atoms with Gasteiger partial charge in [0.25, 0.3) is 0 Å². The predicted molar refractivity (Wildman–Crippen MR) is 53.0 cm³/mol. The van der Waals surface area contributed by atoms with Gasteiger partial charge in [-0.3, -0.25) is 0 Å². The number of halogens is 2. The fourth-order valence-electron chi connectivity index (χ4n) is 0.870. The normalized spacial score (nSPS) is 9.85. The highest BCUT2D eigenvalue weighted by Crippen LogP contribution is 2.21. The number of hydrogen-bond donors (Lipinski definition) is 0. The van der Waals surface area contributed by atoms with Crippen LogP contribution in [-0.2, 0) is 4.74 Å². The Bertz CT molecular complexity index is 354. The molecule has 1 aromatic rings. The second-order valence-corrected chi connectivity index (χ2v) is 3.57. The van der Waals surface area contributed by atoms with E-state index in [1.165, 1.54) is 7.11 Å². The van der Waals surface area contributed by atoms with Crippen LogP contribution < -0.4 is 0 Å². The molecular formula is C8H7BrClNO2. The Morgan fingerprint density at radius 2 is 2.31 bits per heavy atom. The summed E-state index contributed by atoms with van der Waals surface area (Å²) < 4.78 is 5.10. The molecule has 1 aromatic heterocycles. The first-order chi connectivity index (χ1) is 6.06. The Hall–Kier alpha value is -0.610. The van der Waals surface area contributed by atoms with Gasteiger partial charge >= 0.3 is 5.97 Å². The van der Waals surface area contributed by atoms with E-state index >= 15 is 0 Å². The van der Waals surface area contributed by atoms with Gasteiger partial charge in [-0.25, -0.2) is 9.78 Å². The zero-order valence-corrected chi connectivity index (χ0v) is 9.44. The fraction of sp³-hybridized carbons (Fsp3) is 0.250. The summed E-state index contributed by atoms with van der Waals surface area (Å²) in [6.07, 6.45) is 0. The minimum atomic E-state index is -0.414. The number of ether oxygens (including phenoxy) is 1. The Morgan fingerprint density at radius 1 is 1.69 bits per heavy atom. The van der Waals surface area contributed by atoms with Gasteiger partial charge in [-0.05, 0) is 28.9 Å². The quantitative estimate of drug-likeness (QED) is 0.578. The van der Waals surface area contributed by atoms with Crippen LogP contribution in [0.1, 0.15) is 15.9 Å². The van der Waals surface area contributed by atoms with Gasteiger partial charge in [-0.15, -0.1) is 0 Å². The summed E-state index contributed by atoms with van der Waals surface area (Å²) >= 11 is 8.91. The van der Waals surface area contributed by atoms with Crippen LogP contribution in [0.3, 0.4) is 0 Å². The SMILES string of the molecule is COC(=O)c1cc(Br)nc(Cl)c1C. The molecule has 0 saturated heterocycles. The lowest BCUT2D eigenvalue weighted by Gasteiger charge is -2.05. The van der Waals surface area contributed by atoms with E-state index in [0.717, 1.165) is 0 Å². The van der Waals surface area contributed by atoms with Crippen LogP contribution in [0.25, 0.3) is 0 Å². The van der Waals surface area contributed by atoms with E-state index in [4.69, 9.17) is 11.6 Å². The molecule has 0 spiro atoms. The highest BCUT2D eigenvalue weighted by Gasteiger charge is 2.13. The molecular weight excluding hydrogens is 257 g/mol. The van der Waals surface area contributed by atoms with Gasteiger partial charge in [0, 0.05) is 5.56 Å². The Balaban J connectivity index is 3.28. The standard InChI is InChI=1S/C8H7BrClNO2/c1-4-5(8(12)13-2)3-6(9)11-7(4)10/h3H,1-2H3.